The molecular formula is C12H26N4O2S. The highest BCUT2D eigenvalue weighted by atomic mass is 32.2. The summed E-state index contributed by atoms with van der Waals surface area (Å²) in [6.07, 6.45) is 2.85. The molecule has 2 aliphatic heterocycles. The fourth-order valence-electron chi connectivity index (χ4n) is 2.92. The maximum absolute atomic E-state index is 12.7. The van der Waals surface area contributed by atoms with E-state index in [9.17, 15) is 8.42 Å². The van der Waals surface area contributed by atoms with Gasteiger partial charge in [-0.1, -0.05) is 0 Å². The SMILES string of the molecule is CN(C)CC1CCCN1S(=O)(=O)N1CCCNCC1. The van der Waals surface area contributed by atoms with Gasteiger partial charge in [0.1, 0.15) is 0 Å². The van der Waals surface area contributed by atoms with Crippen molar-refractivity contribution in [2.24, 2.45) is 0 Å². The van der Waals surface area contributed by atoms with Gasteiger partial charge in [0.15, 0.2) is 0 Å². The predicted octanol–water partition coefficient (Wildman–Crippen LogP) is -0.447. The Hall–Kier alpha value is -0.210. The molecule has 2 aliphatic rings. The lowest BCUT2D eigenvalue weighted by Gasteiger charge is -2.31. The molecule has 1 atom stereocenters. The van der Waals surface area contributed by atoms with Crippen molar-refractivity contribution in [3.05, 3.63) is 0 Å². The Kier molecular flexibility index (Phi) is 5.19. The van der Waals surface area contributed by atoms with Gasteiger partial charge in [0.25, 0.3) is 10.2 Å². The Labute approximate surface area is 116 Å². The highest BCUT2D eigenvalue weighted by molar-refractivity contribution is 7.86. The summed E-state index contributed by atoms with van der Waals surface area (Å²) in [6.45, 7) is 4.38. The zero-order chi connectivity index (χ0) is 13.9. The van der Waals surface area contributed by atoms with E-state index in [-0.39, 0.29) is 6.04 Å². The first-order valence-corrected chi connectivity index (χ1v) is 8.54. The second kappa shape index (κ2) is 6.49. The van der Waals surface area contributed by atoms with E-state index in [0.29, 0.717) is 19.6 Å². The molecule has 2 rings (SSSR count). The topological polar surface area (TPSA) is 55.9 Å². The monoisotopic (exact) mass is 290 g/mol. The maximum Gasteiger partial charge on any atom is 0.282 e. The average Bonchev–Trinajstić information content (AvgIpc) is 2.64. The quantitative estimate of drug-likeness (QED) is 0.762. The molecule has 19 heavy (non-hydrogen) atoms. The summed E-state index contributed by atoms with van der Waals surface area (Å²) in [5, 5.41) is 3.25. The molecule has 0 amide bonds. The van der Waals surface area contributed by atoms with Crippen LogP contribution in [0.4, 0.5) is 0 Å². The average molecular weight is 290 g/mol. The van der Waals surface area contributed by atoms with Crippen LogP contribution >= 0.6 is 0 Å². The molecule has 0 saturated carbocycles. The van der Waals surface area contributed by atoms with Gasteiger partial charge in [0.2, 0.25) is 0 Å². The van der Waals surface area contributed by atoms with Gasteiger partial charge in [0, 0.05) is 38.8 Å². The number of rotatable bonds is 4. The van der Waals surface area contributed by atoms with Crippen molar-refractivity contribution in [3.63, 3.8) is 0 Å². The van der Waals surface area contributed by atoms with Crippen LogP contribution in [0, 0.1) is 0 Å². The fraction of sp³-hybridized carbons (Fsp3) is 1.00. The summed E-state index contributed by atoms with van der Waals surface area (Å²) in [5.74, 6) is 0. The van der Waals surface area contributed by atoms with E-state index >= 15 is 0 Å². The van der Waals surface area contributed by atoms with Crippen LogP contribution in [0.15, 0.2) is 0 Å². The third-order valence-electron chi connectivity index (χ3n) is 3.82. The van der Waals surface area contributed by atoms with Crippen LogP contribution in [-0.2, 0) is 10.2 Å². The number of nitrogens with one attached hydrogen (secondary N) is 1. The molecule has 0 aromatic heterocycles. The van der Waals surface area contributed by atoms with Crippen molar-refractivity contribution in [3.8, 4) is 0 Å². The van der Waals surface area contributed by atoms with Gasteiger partial charge in [-0.05, 0) is 39.9 Å². The molecule has 0 radical (unpaired) electrons. The van der Waals surface area contributed by atoms with Crippen molar-refractivity contribution < 1.29 is 8.42 Å². The summed E-state index contributed by atoms with van der Waals surface area (Å²) in [7, 11) is 0.718. The van der Waals surface area contributed by atoms with Gasteiger partial charge in [-0.3, -0.25) is 0 Å². The lowest BCUT2D eigenvalue weighted by Crippen LogP contribution is -2.49. The zero-order valence-electron chi connectivity index (χ0n) is 12.0. The molecule has 0 aromatic carbocycles. The minimum absolute atomic E-state index is 0.135. The van der Waals surface area contributed by atoms with Crippen LogP contribution in [0.2, 0.25) is 0 Å². The van der Waals surface area contributed by atoms with Crippen molar-refractivity contribution in [2.45, 2.75) is 25.3 Å². The molecule has 0 aromatic rings. The van der Waals surface area contributed by atoms with E-state index in [1.54, 1.807) is 8.61 Å². The van der Waals surface area contributed by atoms with E-state index in [1.165, 1.54) is 0 Å². The van der Waals surface area contributed by atoms with Crippen LogP contribution in [0.1, 0.15) is 19.3 Å². The standard InChI is InChI=1S/C12H26N4O2S/c1-14(2)11-12-5-3-9-16(12)19(17,18)15-8-4-6-13-7-10-15/h12-13H,3-11H2,1-2H3. The van der Waals surface area contributed by atoms with E-state index < -0.39 is 10.2 Å². The van der Waals surface area contributed by atoms with Crippen molar-refractivity contribution >= 4 is 10.2 Å². The number of likely N-dealkylation sites (N-methyl/N-ethyl adjacent to an activating group) is 1. The summed E-state index contributed by atoms with van der Waals surface area (Å²) in [5.41, 5.74) is 0. The van der Waals surface area contributed by atoms with E-state index in [1.807, 2.05) is 14.1 Å². The zero-order valence-corrected chi connectivity index (χ0v) is 12.8. The smallest absolute Gasteiger partial charge is 0.282 e. The molecule has 1 unspecified atom stereocenters. The van der Waals surface area contributed by atoms with Gasteiger partial charge in [0.05, 0.1) is 0 Å². The molecule has 0 aliphatic carbocycles. The second-order valence-corrected chi connectivity index (χ2v) is 7.56. The lowest BCUT2D eigenvalue weighted by atomic mass is 10.2. The Bertz CT molecular complexity index is 377. The molecule has 2 fully saturated rings. The summed E-state index contributed by atoms with van der Waals surface area (Å²) >= 11 is 0. The van der Waals surface area contributed by atoms with Gasteiger partial charge in [-0.25, -0.2) is 0 Å². The predicted molar refractivity (Wildman–Crippen MR) is 76.3 cm³/mol. The van der Waals surface area contributed by atoms with Gasteiger partial charge in [-0.2, -0.15) is 17.0 Å². The van der Waals surface area contributed by atoms with Crippen molar-refractivity contribution in [2.75, 3.05) is 53.4 Å². The van der Waals surface area contributed by atoms with Gasteiger partial charge < -0.3 is 10.2 Å². The first-order valence-electron chi connectivity index (χ1n) is 7.14. The van der Waals surface area contributed by atoms with Crippen molar-refractivity contribution in [1.82, 2.24) is 18.8 Å². The summed E-state index contributed by atoms with van der Waals surface area (Å²) in [4.78, 5) is 2.07. The summed E-state index contributed by atoms with van der Waals surface area (Å²) < 4.78 is 28.9. The Balaban J connectivity index is 2.08. The third kappa shape index (κ3) is 3.66. The van der Waals surface area contributed by atoms with Crippen LogP contribution < -0.4 is 5.32 Å². The molecule has 0 spiro atoms. The Morgan fingerprint density at radius 3 is 2.68 bits per heavy atom. The largest absolute Gasteiger partial charge is 0.315 e. The van der Waals surface area contributed by atoms with Gasteiger partial charge >= 0.3 is 0 Å². The molecule has 2 saturated heterocycles. The van der Waals surface area contributed by atoms with E-state index in [0.717, 1.165) is 38.9 Å². The molecule has 2 heterocycles. The van der Waals surface area contributed by atoms with Crippen LogP contribution in [0.3, 0.4) is 0 Å². The first kappa shape index (κ1) is 15.2. The Morgan fingerprint density at radius 1 is 1.16 bits per heavy atom. The Morgan fingerprint density at radius 2 is 1.95 bits per heavy atom. The molecule has 6 nitrogen and oxygen atoms in total. The second-order valence-electron chi connectivity index (χ2n) is 5.68. The minimum Gasteiger partial charge on any atom is -0.315 e. The highest BCUT2D eigenvalue weighted by Gasteiger charge is 2.38. The van der Waals surface area contributed by atoms with Crippen LogP contribution in [-0.4, -0.2) is 81.3 Å². The minimum atomic E-state index is -3.28. The fourth-order valence-corrected chi connectivity index (χ4v) is 4.80. The molecule has 1 N–H and O–H groups in total. The lowest BCUT2D eigenvalue weighted by molar-refractivity contribution is 0.273. The first-order chi connectivity index (χ1) is 9.01. The van der Waals surface area contributed by atoms with Crippen LogP contribution in [0.5, 0.6) is 0 Å². The molecular weight excluding hydrogens is 264 g/mol. The normalized spacial score (nSPS) is 27.8. The molecule has 7 heteroatoms. The van der Waals surface area contributed by atoms with Gasteiger partial charge in [-0.15, -0.1) is 0 Å². The number of nitrogens with zero attached hydrogens (tertiary/aromatic N) is 3. The van der Waals surface area contributed by atoms with Crippen molar-refractivity contribution in [1.29, 1.82) is 0 Å². The molecule has 112 valence electrons. The summed E-state index contributed by atoms with van der Waals surface area (Å²) in [6, 6.07) is 0.135. The van der Waals surface area contributed by atoms with Crippen LogP contribution in [0.25, 0.3) is 0 Å². The molecule has 0 bridgehead atoms. The highest BCUT2D eigenvalue weighted by Crippen LogP contribution is 2.24. The number of hydrogen-bond acceptors (Lipinski definition) is 4. The van der Waals surface area contributed by atoms with E-state index in [2.05, 4.69) is 10.2 Å². The number of hydrogen-bond donors (Lipinski definition) is 1. The maximum atomic E-state index is 12.7. The third-order valence-corrected chi connectivity index (χ3v) is 5.91. The van der Waals surface area contributed by atoms with E-state index in [4.69, 9.17) is 0 Å².